The summed E-state index contributed by atoms with van der Waals surface area (Å²) in [5.74, 6) is 0.592. The smallest absolute Gasteiger partial charge is 0.238 e. The van der Waals surface area contributed by atoms with E-state index in [0.717, 1.165) is 17.6 Å². The fourth-order valence-electron chi connectivity index (χ4n) is 2.20. The first-order valence-electron chi connectivity index (χ1n) is 6.63. The second-order valence-electron chi connectivity index (χ2n) is 5.21. The third-order valence-electron chi connectivity index (χ3n) is 2.95. The Bertz CT molecular complexity index is 578. The van der Waals surface area contributed by atoms with Crippen molar-refractivity contribution in [1.29, 1.82) is 0 Å². The van der Waals surface area contributed by atoms with Crippen molar-refractivity contribution in [3.63, 3.8) is 0 Å². The van der Waals surface area contributed by atoms with Gasteiger partial charge in [-0.05, 0) is 37.2 Å². The van der Waals surface area contributed by atoms with Gasteiger partial charge < -0.3 is 15.2 Å². The number of rotatable bonds is 5. The van der Waals surface area contributed by atoms with Crippen LogP contribution in [-0.2, 0) is 11.3 Å². The van der Waals surface area contributed by atoms with E-state index in [-0.39, 0.29) is 18.3 Å². The Morgan fingerprint density at radius 2 is 2.05 bits per heavy atom. The van der Waals surface area contributed by atoms with Gasteiger partial charge in [-0.1, -0.05) is 13.8 Å². The summed E-state index contributed by atoms with van der Waals surface area (Å²) < 4.78 is 2.25. The second-order valence-corrected chi connectivity index (χ2v) is 5.21. The number of hydrogen-bond donors (Lipinski definition) is 2. The van der Waals surface area contributed by atoms with Crippen molar-refractivity contribution in [1.82, 2.24) is 9.88 Å². The zero-order chi connectivity index (χ0) is 13.8. The molecule has 1 aromatic heterocycles. The maximum Gasteiger partial charge on any atom is 0.238 e. The Kier molecular flexibility index (Phi) is 6.05. The van der Waals surface area contributed by atoms with Gasteiger partial charge in [0.1, 0.15) is 0 Å². The second kappa shape index (κ2) is 7.31. The molecular weight excluding hydrogens is 274 g/mol. The molecule has 0 aliphatic carbocycles. The number of carbonyl (C=O) groups excluding carboxylic acids is 1. The maximum absolute atomic E-state index is 11.5. The summed E-state index contributed by atoms with van der Waals surface area (Å²) in [5, 5.41) is 6.86. The lowest BCUT2D eigenvalue weighted by molar-refractivity contribution is -0.115. The molecule has 2 rings (SSSR count). The molecule has 0 aliphatic rings. The zero-order valence-electron chi connectivity index (χ0n) is 12.1. The summed E-state index contributed by atoms with van der Waals surface area (Å²) >= 11 is 0. The van der Waals surface area contributed by atoms with Crippen molar-refractivity contribution >= 4 is 34.9 Å². The number of hydrogen-bond acceptors (Lipinski definition) is 2. The van der Waals surface area contributed by atoms with Crippen LogP contribution < -0.4 is 10.6 Å². The molecule has 110 valence electrons. The van der Waals surface area contributed by atoms with E-state index in [2.05, 4.69) is 47.4 Å². The molecule has 2 N–H and O–H groups in total. The third kappa shape index (κ3) is 3.99. The molecule has 1 amide bonds. The van der Waals surface area contributed by atoms with Crippen LogP contribution >= 0.6 is 12.4 Å². The number of anilines is 1. The van der Waals surface area contributed by atoms with Crippen LogP contribution in [-0.4, -0.2) is 24.1 Å². The summed E-state index contributed by atoms with van der Waals surface area (Å²) in [6, 6.07) is 8.12. The van der Waals surface area contributed by atoms with Crippen LogP contribution in [0.15, 0.2) is 30.5 Å². The molecule has 2 aromatic rings. The van der Waals surface area contributed by atoms with E-state index in [0.29, 0.717) is 12.5 Å². The van der Waals surface area contributed by atoms with Crippen molar-refractivity contribution in [2.75, 3.05) is 18.9 Å². The first kappa shape index (κ1) is 16.5. The largest absolute Gasteiger partial charge is 0.347 e. The number of nitrogens with zero attached hydrogens (tertiary/aromatic N) is 1. The summed E-state index contributed by atoms with van der Waals surface area (Å²) in [5.41, 5.74) is 2.05. The minimum atomic E-state index is -0.0246. The number of fused-ring (bicyclic) bond motifs is 1. The van der Waals surface area contributed by atoms with E-state index < -0.39 is 0 Å². The quantitative estimate of drug-likeness (QED) is 0.891. The van der Waals surface area contributed by atoms with Crippen molar-refractivity contribution in [2.45, 2.75) is 20.4 Å². The molecule has 4 nitrogen and oxygen atoms in total. The van der Waals surface area contributed by atoms with Crippen LogP contribution in [0.3, 0.4) is 0 Å². The van der Waals surface area contributed by atoms with Gasteiger partial charge in [0.05, 0.1) is 6.54 Å². The van der Waals surface area contributed by atoms with Gasteiger partial charge in [-0.15, -0.1) is 12.4 Å². The molecule has 1 aromatic carbocycles. The highest BCUT2D eigenvalue weighted by Gasteiger charge is 2.05. The number of carbonyl (C=O) groups is 1. The van der Waals surface area contributed by atoms with E-state index >= 15 is 0 Å². The Balaban J connectivity index is 0.00000200. The van der Waals surface area contributed by atoms with Crippen LogP contribution in [0.4, 0.5) is 5.69 Å². The minimum Gasteiger partial charge on any atom is -0.347 e. The summed E-state index contributed by atoms with van der Waals surface area (Å²) in [6.45, 7) is 5.75. The Hall–Kier alpha value is -1.52. The van der Waals surface area contributed by atoms with Gasteiger partial charge in [-0.3, -0.25) is 4.79 Å². The molecule has 0 aliphatic heterocycles. The fraction of sp³-hybridized carbons (Fsp3) is 0.400. The molecule has 5 heteroatoms. The van der Waals surface area contributed by atoms with E-state index in [1.165, 1.54) is 5.52 Å². The fourth-order valence-corrected chi connectivity index (χ4v) is 2.20. The lowest BCUT2D eigenvalue weighted by Gasteiger charge is -2.09. The van der Waals surface area contributed by atoms with Gasteiger partial charge in [0.25, 0.3) is 0 Å². The highest BCUT2D eigenvalue weighted by Crippen LogP contribution is 2.21. The van der Waals surface area contributed by atoms with E-state index in [9.17, 15) is 4.79 Å². The summed E-state index contributed by atoms with van der Waals surface area (Å²) in [7, 11) is 1.76. The van der Waals surface area contributed by atoms with Crippen molar-refractivity contribution in [3.05, 3.63) is 30.5 Å². The van der Waals surface area contributed by atoms with E-state index in [4.69, 9.17) is 0 Å². The number of halogens is 1. The highest BCUT2D eigenvalue weighted by molar-refractivity contribution is 5.95. The number of amides is 1. The van der Waals surface area contributed by atoms with Crippen molar-refractivity contribution in [2.24, 2.45) is 5.92 Å². The minimum absolute atomic E-state index is 0. The van der Waals surface area contributed by atoms with Crippen molar-refractivity contribution in [3.8, 4) is 0 Å². The Morgan fingerprint density at radius 1 is 1.30 bits per heavy atom. The SMILES string of the molecule is CNCC(=O)Nc1ccc2c(ccn2CC(C)C)c1.Cl. The van der Waals surface area contributed by atoms with Gasteiger partial charge in [-0.25, -0.2) is 0 Å². The molecule has 0 saturated heterocycles. The normalized spacial score (nSPS) is 10.6. The maximum atomic E-state index is 11.5. The number of nitrogens with one attached hydrogen (secondary N) is 2. The third-order valence-corrected chi connectivity index (χ3v) is 2.95. The molecule has 0 saturated carbocycles. The van der Waals surface area contributed by atoms with Gasteiger partial charge >= 0.3 is 0 Å². The summed E-state index contributed by atoms with van der Waals surface area (Å²) in [6.07, 6.45) is 2.10. The van der Waals surface area contributed by atoms with Gasteiger partial charge in [0.15, 0.2) is 0 Å². The number of aromatic nitrogens is 1. The molecule has 0 radical (unpaired) electrons. The first-order valence-corrected chi connectivity index (χ1v) is 6.63. The first-order chi connectivity index (χ1) is 9.10. The Labute approximate surface area is 126 Å². The molecule has 0 atom stereocenters. The van der Waals surface area contributed by atoms with Crippen LogP contribution in [0.25, 0.3) is 10.9 Å². The predicted octanol–water partition coefficient (Wildman–Crippen LogP) is 2.88. The van der Waals surface area contributed by atoms with E-state index in [1.54, 1.807) is 7.05 Å². The molecule has 0 bridgehead atoms. The standard InChI is InChI=1S/C15H21N3O.ClH/c1-11(2)10-18-7-6-12-8-13(4-5-14(12)18)17-15(19)9-16-3;/h4-8,11,16H,9-10H2,1-3H3,(H,17,19);1H. The summed E-state index contributed by atoms with van der Waals surface area (Å²) in [4.78, 5) is 11.5. The highest BCUT2D eigenvalue weighted by atomic mass is 35.5. The van der Waals surface area contributed by atoms with Crippen LogP contribution in [0.2, 0.25) is 0 Å². The lowest BCUT2D eigenvalue weighted by Crippen LogP contribution is -2.24. The van der Waals surface area contributed by atoms with Crippen LogP contribution in [0.1, 0.15) is 13.8 Å². The zero-order valence-corrected chi connectivity index (χ0v) is 13.0. The van der Waals surface area contributed by atoms with Gasteiger partial charge in [-0.2, -0.15) is 0 Å². The molecule has 0 fully saturated rings. The van der Waals surface area contributed by atoms with E-state index in [1.807, 2.05) is 12.1 Å². The van der Waals surface area contributed by atoms with Crippen LogP contribution in [0, 0.1) is 5.92 Å². The van der Waals surface area contributed by atoms with Crippen molar-refractivity contribution < 1.29 is 4.79 Å². The topological polar surface area (TPSA) is 46.1 Å². The molecule has 1 heterocycles. The molecule has 0 spiro atoms. The van der Waals surface area contributed by atoms with Gasteiger partial charge in [0.2, 0.25) is 5.91 Å². The number of benzene rings is 1. The molecular formula is C15H22ClN3O. The predicted molar refractivity (Wildman–Crippen MR) is 86.6 cm³/mol. The lowest BCUT2D eigenvalue weighted by atomic mass is 10.2. The molecule has 0 unspecified atom stereocenters. The molecule has 20 heavy (non-hydrogen) atoms. The van der Waals surface area contributed by atoms with Crippen LogP contribution in [0.5, 0.6) is 0 Å². The monoisotopic (exact) mass is 295 g/mol. The average Bonchev–Trinajstić information content (AvgIpc) is 2.71. The Morgan fingerprint density at radius 3 is 2.70 bits per heavy atom. The average molecular weight is 296 g/mol. The number of likely N-dealkylation sites (N-methyl/N-ethyl adjacent to an activating group) is 1. The van der Waals surface area contributed by atoms with Gasteiger partial charge in [0, 0.05) is 29.3 Å².